The van der Waals surface area contributed by atoms with E-state index in [0.29, 0.717) is 0 Å². The molecule has 1 amide bonds. The standard InChI is InChI=1S/C20H27N3O2S/c1-14(2)25-18-7-5-17(6-8-18)20(24)23-11-9-22(10-12-23)13-19-21-15(3)16(4)26-19/h5-8,14H,9-13H2,1-4H3. The first kappa shape index (κ1) is 18.9. The Kier molecular flexibility index (Phi) is 5.94. The summed E-state index contributed by atoms with van der Waals surface area (Å²) in [5.41, 5.74) is 1.85. The van der Waals surface area contributed by atoms with Crippen molar-refractivity contribution >= 4 is 17.2 Å². The minimum atomic E-state index is 0.0988. The van der Waals surface area contributed by atoms with Crippen molar-refractivity contribution in [3.63, 3.8) is 0 Å². The summed E-state index contributed by atoms with van der Waals surface area (Å²) in [4.78, 5) is 22.9. The van der Waals surface area contributed by atoms with Gasteiger partial charge < -0.3 is 9.64 Å². The summed E-state index contributed by atoms with van der Waals surface area (Å²) in [6.07, 6.45) is 0.134. The third-order valence-electron chi connectivity index (χ3n) is 4.56. The van der Waals surface area contributed by atoms with Crippen molar-refractivity contribution < 1.29 is 9.53 Å². The van der Waals surface area contributed by atoms with Crippen molar-refractivity contribution in [2.75, 3.05) is 26.2 Å². The monoisotopic (exact) mass is 373 g/mol. The van der Waals surface area contributed by atoms with E-state index in [1.54, 1.807) is 11.3 Å². The average Bonchev–Trinajstić information content (AvgIpc) is 2.92. The van der Waals surface area contributed by atoms with Crippen molar-refractivity contribution in [3.05, 3.63) is 45.4 Å². The highest BCUT2D eigenvalue weighted by molar-refractivity contribution is 7.11. The fraction of sp³-hybridized carbons (Fsp3) is 0.500. The Balaban J connectivity index is 1.53. The fourth-order valence-electron chi connectivity index (χ4n) is 3.04. The van der Waals surface area contributed by atoms with E-state index >= 15 is 0 Å². The van der Waals surface area contributed by atoms with Gasteiger partial charge in [-0.25, -0.2) is 4.98 Å². The van der Waals surface area contributed by atoms with Crippen LogP contribution in [0.4, 0.5) is 0 Å². The highest BCUT2D eigenvalue weighted by Gasteiger charge is 2.23. The van der Waals surface area contributed by atoms with E-state index in [-0.39, 0.29) is 12.0 Å². The van der Waals surface area contributed by atoms with Gasteiger partial charge in [0, 0.05) is 36.6 Å². The summed E-state index contributed by atoms with van der Waals surface area (Å²) in [5.74, 6) is 0.900. The first-order valence-electron chi connectivity index (χ1n) is 9.13. The molecule has 0 N–H and O–H groups in total. The smallest absolute Gasteiger partial charge is 0.253 e. The second-order valence-corrected chi connectivity index (χ2v) is 8.30. The van der Waals surface area contributed by atoms with Crippen molar-refractivity contribution in [3.8, 4) is 5.75 Å². The number of piperazine rings is 1. The lowest BCUT2D eigenvalue weighted by atomic mass is 10.1. The van der Waals surface area contributed by atoms with Crippen LogP contribution in [0, 0.1) is 13.8 Å². The molecule has 0 bridgehead atoms. The fourth-order valence-corrected chi connectivity index (χ4v) is 4.01. The van der Waals surface area contributed by atoms with Gasteiger partial charge in [-0.3, -0.25) is 9.69 Å². The molecule has 0 aliphatic carbocycles. The number of hydrogen-bond donors (Lipinski definition) is 0. The van der Waals surface area contributed by atoms with E-state index in [4.69, 9.17) is 4.74 Å². The topological polar surface area (TPSA) is 45.7 Å². The quantitative estimate of drug-likeness (QED) is 0.805. The number of ether oxygens (including phenoxy) is 1. The lowest BCUT2D eigenvalue weighted by molar-refractivity contribution is 0.0628. The van der Waals surface area contributed by atoms with Crippen molar-refractivity contribution in [2.45, 2.75) is 40.3 Å². The summed E-state index contributed by atoms with van der Waals surface area (Å²) < 4.78 is 5.64. The van der Waals surface area contributed by atoms with Crippen LogP contribution in [0.15, 0.2) is 24.3 Å². The van der Waals surface area contributed by atoms with E-state index in [1.165, 1.54) is 9.88 Å². The number of carbonyl (C=O) groups is 1. The molecule has 26 heavy (non-hydrogen) atoms. The van der Waals surface area contributed by atoms with Crippen LogP contribution in [-0.4, -0.2) is 53.0 Å². The zero-order valence-electron chi connectivity index (χ0n) is 16.0. The SMILES string of the molecule is Cc1nc(CN2CCN(C(=O)c3ccc(OC(C)C)cc3)CC2)sc1C. The lowest BCUT2D eigenvalue weighted by Crippen LogP contribution is -2.48. The maximum absolute atomic E-state index is 12.7. The van der Waals surface area contributed by atoms with Gasteiger partial charge in [-0.1, -0.05) is 0 Å². The maximum atomic E-state index is 12.7. The van der Waals surface area contributed by atoms with Crippen LogP contribution in [0.25, 0.3) is 0 Å². The first-order chi connectivity index (χ1) is 12.4. The zero-order valence-corrected chi connectivity index (χ0v) is 16.8. The second-order valence-electron chi connectivity index (χ2n) is 7.01. The van der Waals surface area contributed by atoms with Gasteiger partial charge in [-0.2, -0.15) is 0 Å². The number of thiazole rings is 1. The number of carbonyl (C=O) groups excluding carboxylic acids is 1. The van der Waals surface area contributed by atoms with Gasteiger partial charge in [0.05, 0.1) is 18.3 Å². The van der Waals surface area contributed by atoms with Crippen LogP contribution in [0.1, 0.15) is 39.8 Å². The number of aromatic nitrogens is 1. The minimum Gasteiger partial charge on any atom is -0.491 e. The van der Waals surface area contributed by atoms with Gasteiger partial charge >= 0.3 is 0 Å². The average molecular weight is 374 g/mol. The van der Waals surface area contributed by atoms with E-state index in [1.807, 2.05) is 43.0 Å². The van der Waals surface area contributed by atoms with E-state index in [2.05, 4.69) is 23.7 Å². The molecule has 0 saturated carbocycles. The molecule has 0 spiro atoms. The Labute approximate surface area is 159 Å². The highest BCUT2D eigenvalue weighted by atomic mass is 32.1. The van der Waals surface area contributed by atoms with E-state index in [0.717, 1.165) is 49.7 Å². The van der Waals surface area contributed by atoms with Crippen LogP contribution < -0.4 is 4.74 Å². The Morgan fingerprint density at radius 2 is 1.81 bits per heavy atom. The molecule has 140 valence electrons. The van der Waals surface area contributed by atoms with Crippen LogP contribution in [0.2, 0.25) is 0 Å². The van der Waals surface area contributed by atoms with Gasteiger partial charge in [0.15, 0.2) is 0 Å². The molecule has 2 heterocycles. The first-order valence-corrected chi connectivity index (χ1v) is 9.95. The molecule has 1 aromatic heterocycles. The molecule has 3 rings (SSSR count). The van der Waals surface area contributed by atoms with Gasteiger partial charge in [0.25, 0.3) is 5.91 Å². The molecule has 1 aliphatic rings. The number of aryl methyl sites for hydroxylation is 2. The van der Waals surface area contributed by atoms with Crippen molar-refractivity contribution in [1.29, 1.82) is 0 Å². The van der Waals surface area contributed by atoms with Gasteiger partial charge in [-0.05, 0) is 52.0 Å². The van der Waals surface area contributed by atoms with Crippen molar-refractivity contribution in [1.82, 2.24) is 14.8 Å². The molecule has 1 aromatic carbocycles. The summed E-state index contributed by atoms with van der Waals surface area (Å²) in [6, 6.07) is 7.45. The van der Waals surface area contributed by atoms with Crippen LogP contribution in [0.3, 0.4) is 0 Å². The van der Waals surface area contributed by atoms with Gasteiger partial charge in [-0.15, -0.1) is 11.3 Å². The van der Waals surface area contributed by atoms with Crippen molar-refractivity contribution in [2.24, 2.45) is 0 Å². The van der Waals surface area contributed by atoms with Crippen LogP contribution in [-0.2, 0) is 6.54 Å². The molecule has 1 fully saturated rings. The summed E-state index contributed by atoms with van der Waals surface area (Å²) >= 11 is 1.77. The molecular weight excluding hydrogens is 346 g/mol. The number of nitrogens with zero attached hydrogens (tertiary/aromatic N) is 3. The molecule has 0 radical (unpaired) electrons. The Hall–Kier alpha value is -1.92. The predicted molar refractivity (Wildman–Crippen MR) is 105 cm³/mol. The molecule has 1 saturated heterocycles. The molecule has 0 atom stereocenters. The minimum absolute atomic E-state index is 0.0988. The molecule has 0 unspecified atom stereocenters. The lowest BCUT2D eigenvalue weighted by Gasteiger charge is -2.34. The third-order valence-corrected chi connectivity index (χ3v) is 5.62. The predicted octanol–water partition coefficient (Wildman–Crippen LogP) is 3.51. The number of amides is 1. The summed E-state index contributed by atoms with van der Waals surface area (Å²) in [6.45, 7) is 12.3. The Morgan fingerprint density at radius 3 is 2.35 bits per heavy atom. The number of rotatable bonds is 5. The molecule has 1 aliphatic heterocycles. The molecular formula is C20H27N3O2S. The summed E-state index contributed by atoms with van der Waals surface area (Å²) in [5, 5.41) is 1.17. The Bertz CT molecular complexity index is 727. The van der Waals surface area contributed by atoms with E-state index in [9.17, 15) is 4.79 Å². The van der Waals surface area contributed by atoms with Crippen LogP contribution >= 0.6 is 11.3 Å². The third kappa shape index (κ3) is 4.62. The van der Waals surface area contributed by atoms with E-state index < -0.39 is 0 Å². The Morgan fingerprint density at radius 1 is 1.15 bits per heavy atom. The summed E-state index contributed by atoms with van der Waals surface area (Å²) in [7, 11) is 0. The number of benzene rings is 1. The highest BCUT2D eigenvalue weighted by Crippen LogP contribution is 2.20. The zero-order chi connectivity index (χ0) is 18.7. The largest absolute Gasteiger partial charge is 0.491 e. The molecule has 2 aromatic rings. The number of hydrogen-bond acceptors (Lipinski definition) is 5. The maximum Gasteiger partial charge on any atom is 0.253 e. The van der Waals surface area contributed by atoms with Gasteiger partial charge in [0.2, 0.25) is 0 Å². The molecule has 6 heteroatoms. The van der Waals surface area contributed by atoms with Gasteiger partial charge in [0.1, 0.15) is 10.8 Å². The molecule has 5 nitrogen and oxygen atoms in total. The normalized spacial score (nSPS) is 15.5. The second kappa shape index (κ2) is 8.18. The van der Waals surface area contributed by atoms with Crippen LogP contribution in [0.5, 0.6) is 5.75 Å².